The molecule has 2 aromatic rings. The molecule has 0 saturated heterocycles. The van der Waals surface area contributed by atoms with Crippen LogP contribution in [0.4, 0.5) is 17.1 Å². The van der Waals surface area contributed by atoms with Gasteiger partial charge in [-0.05, 0) is 12.1 Å². The van der Waals surface area contributed by atoms with Gasteiger partial charge in [0.1, 0.15) is 5.69 Å². The summed E-state index contributed by atoms with van der Waals surface area (Å²) in [6.45, 7) is 0. The average Bonchev–Trinajstić information content (AvgIpc) is 2.79. The summed E-state index contributed by atoms with van der Waals surface area (Å²) in [5, 5.41) is 11.3. The highest BCUT2D eigenvalue weighted by atomic mass is 16.6. The normalized spacial score (nSPS) is 15.0. The van der Waals surface area contributed by atoms with Crippen molar-refractivity contribution in [3.05, 3.63) is 70.4 Å². The molecule has 0 radical (unpaired) electrons. The maximum Gasteiger partial charge on any atom is 0.293 e. The van der Waals surface area contributed by atoms with Crippen molar-refractivity contribution in [1.82, 2.24) is 4.90 Å². The second-order valence-electron chi connectivity index (χ2n) is 5.41. The highest BCUT2D eigenvalue weighted by molar-refractivity contribution is 6.35. The van der Waals surface area contributed by atoms with Gasteiger partial charge >= 0.3 is 0 Å². The van der Waals surface area contributed by atoms with Crippen LogP contribution in [0, 0.1) is 10.1 Å². The van der Waals surface area contributed by atoms with Crippen LogP contribution in [0.25, 0.3) is 5.57 Å². The summed E-state index contributed by atoms with van der Waals surface area (Å²) < 4.78 is 0. The van der Waals surface area contributed by atoms with Crippen LogP contribution in [0.15, 0.2) is 54.7 Å². The third-order valence-electron chi connectivity index (χ3n) is 3.58. The van der Waals surface area contributed by atoms with Crippen molar-refractivity contribution >= 4 is 28.5 Å². The van der Waals surface area contributed by atoms with Gasteiger partial charge in [-0.25, -0.2) is 0 Å². The topological polar surface area (TPSA) is 66.7 Å². The Morgan fingerprint density at radius 2 is 1.65 bits per heavy atom. The second-order valence-corrected chi connectivity index (χ2v) is 5.41. The fraction of sp³-hybridized carbons (Fsp3) is 0.118. The summed E-state index contributed by atoms with van der Waals surface area (Å²) in [6, 6.07) is 13.6. The molecular formula is C17H15N3O3. The Morgan fingerprint density at radius 1 is 1.04 bits per heavy atom. The van der Waals surface area contributed by atoms with E-state index in [1.165, 1.54) is 11.0 Å². The quantitative estimate of drug-likeness (QED) is 0.496. The van der Waals surface area contributed by atoms with Crippen LogP contribution in [0.2, 0.25) is 0 Å². The molecule has 0 spiro atoms. The van der Waals surface area contributed by atoms with Crippen LogP contribution < -0.4 is 4.90 Å². The van der Waals surface area contributed by atoms with E-state index in [9.17, 15) is 14.9 Å². The van der Waals surface area contributed by atoms with Crippen molar-refractivity contribution in [1.29, 1.82) is 0 Å². The molecule has 0 aromatic heterocycles. The zero-order chi connectivity index (χ0) is 16.6. The minimum atomic E-state index is -0.473. The molecule has 3 rings (SSSR count). The zero-order valence-corrected chi connectivity index (χ0v) is 12.8. The SMILES string of the molecule is CN(C)C=C1C(=O)N(c2ccccc2[N+](=O)[O-])c2ccccc21. The molecule has 23 heavy (non-hydrogen) atoms. The van der Waals surface area contributed by atoms with Gasteiger partial charge in [0.2, 0.25) is 0 Å². The molecule has 1 aliphatic rings. The number of nitro groups is 1. The molecular weight excluding hydrogens is 294 g/mol. The van der Waals surface area contributed by atoms with Gasteiger partial charge in [-0.3, -0.25) is 19.8 Å². The van der Waals surface area contributed by atoms with E-state index in [0.29, 0.717) is 11.3 Å². The standard InChI is InChI=1S/C17H15N3O3/c1-18(2)11-13-12-7-3-4-8-14(12)19(17(13)21)15-9-5-6-10-16(15)20(22)23/h3-11H,1-2H3. The van der Waals surface area contributed by atoms with E-state index in [0.717, 1.165) is 5.56 Å². The molecule has 2 aromatic carbocycles. The molecule has 0 N–H and O–H groups in total. The van der Waals surface area contributed by atoms with Crippen molar-refractivity contribution in [3.63, 3.8) is 0 Å². The second kappa shape index (κ2) is 5.57. The summed E-state index contributed by atoms with van der Waals surface area (Å²) >= 11 is 0. The van der Waals surface area contributed by atoms with E-state index in [1.807, 2.05) is 32.3 Å². The predicted molar refractivity (Wildman–Crippen MR) is 88.3 cm³/mol. The minimum absolute atomic E-state index is 0.0956. The number of fused-ring (bicyclic) bond motifs is 1. The molecule has 6 heteroatoms. The van der Waals surface area contributed by atoms with Crippen LogP contribution in [0.3, 0.4) is 0 Å². The number of nitrogens with zero attached hydrogens (tertiary/aromatic N) is 3. The number of hydrogen-bond donors (Lipinski definition) is 0. The Bertz CT molecular complexity index is 827. The summed E-state index contributed by atoms with van der Waals surface area (Å²) in [5.41, 5.74) is 2.12. The lowest BCUT2D eigenvalue weighted by atomic mass is 10.1. The Labute approximate surface area is 133 Å². The van der Waals surface area contributed by atoms with Gasteiger partial charge in [0.15, 0.2) is 0 Å². The zero-order valence-electron chi connectivity index (χ0n) is 12.8. The number of amides is 1. The number of rotatable bonds is 3. The molecule has 0 atom stereocenters. The first-order valence-corrected chi connectivity index (χ1v) is 7.06. The van der Waals surface area contributed by atoms with Crippen molar-refractivity contribution < 1.29 is 9.72 Å². The number of carbonyl (C=O) groups excluding carboxylic acids is 1. The molecule has 0 bridgehead atoms. The lowest BCUT2D eigenvalue weighted by Crippen LogP contribution is -2.22. The predicted octanol–water partition coefficient (Wildman–Crippen LogP) is 3.18. The third-order valence-corrected chi connectivity index (χ3v) is 3.58. The number of carbonyl (C=O) groups is 1. The van der Waals surface area contributed by atoms with Crippen molar-refractivity contribution in [3.8, 4) is 0 Å². The largest absolute Gasteiger partial charge is 0.383 e. The smallest absolute Gasteiger partial charge is 0.293 e. The number of nitro benzene ring substituents is 1. The van der Waals surface area contributed by atoms with Gasteiger partial charge < -0.3 is 4.90 Å². The monoisotopic (exact) mass is 309 g/mol. The van der Waals surface area contributed by atoms with Crippen LogP contribution in [-0.4, -0.2) is 29.8 Å². The molecule has 6 nitrogen and oxygen atoms in total. The molecule has 1 aliphatic heterocycles. The fourth-order valence-corrected chi connectivity index (χ4v) is 2.67. The highest BCUT2D eigenvalue weighted by Crippen LogP contribution is 2.44. The number of hydrogen-bond acceptors (Lipinski definition) is 4. The lowest BCUT2D eigenvalue weighted by Gasteiger charge is -2.17. The van der Waals surface area contributed by atoms with E-state index in [-0.39, 0.29) is 17.3 Å². The summed E-state index contributed by atoms with van der Waals surface area (Å²) in [7, 11) is 3.66. The van der Waals surface area contributed by atoms with Gasteiger partial charge in [0.05, 0.1) is 16.2 Å². The summed E-state index contributed by atoms with van der Waals surface area (Å²) in [4.78, 5) is 26.9. The molecule has 1 amide bonds. The van der Waals surface area contributed by atoms with Gasteiger partial charge in [-0.2, -0.15) is 0 Å². The molecule has 116 valence electrons. The van der Waals surface area contributed by atoms with Crippen LogP contribution in [-0.2, 0) is 4.79 Å². The first-order valence-electron chi connectivity index (χ1n) is 7.06. The molecule has 0 fully saturated rings. The fourth-order valence-electron chi connectivity index (χ4n) is 2.67. The molecule has 0 aliphatic carbocycles. The van der Waals surface area contributed by atoms with Gasteiger partial charge in [0.25, 0.3) is 11.6 Å². The van der Waals surface area contributed by atoms with E-state index in [2.05, 4.69) is 0 Å². The Morgan fingerprint density at radius 3 is 2.30 bits per heavy atom. The van der Waals surface area contributed by atoms with E-state index in [4.69, 9.17) is 0 Å². The minimum Gasteiger partial charge on any atom is -0.383 e. The van der Waals surface area contributed by atoms with E-state index >= 15 is 0 Å². The highest BCUT2D eigenvalue weighted by Gasteiger charge is 2.36. The summed E-state index contributed by atoms with van der Waals surface area (Å²) in [6.07, 6.45) is 1.73. The number of anilines is 2. The van der Waals surface area contributed by atoms with Crippen LogP contribution >= 0.6 is 0 Å². The lowest BCUT2D eigenvalue weighted by molar-refractivity contribution is -0.384. The van der Waals surface area contributed by atoms with Crippen molar-refractivity contribution in [2.24, 2.45) is 0 Å². The van der Waals surface area contributed by atoms with Gasteiger partial charge in [-0.15, -0.1) is 0 Å². The van der Waals surface area contributed by atoms with Crippen LogP contribution in [0.1, 0.15) is 5.56 Å². The average molecular weight is 309 g/mol. The van der Waals surface area contributed by atoms with E-state index < -0.39 is 4.92 Å². The Balaban J connectivity index is 2.23. The van der Waals surface area contributed by atoms with Gasteiger partial charge in [0, 0.05) is 31.9 Å². The third kappa shape index (κ3) is 2.44. The maximum absolute atomic E-state index is 12.9. The Hall–Kier alpha value is -3.15. The molecule has 1 heterocycles. The van der Waals surface area contributed by atoms with E-state index in [1.54, 1.807) is 35.4 Å². The first-order chi connectivity index (χ1) is 11.0. The van der Waals surface area contributed by atoms with Crippen molar-refractivity contribution in [2.75, 3.05) is 19.0 Å². The van der Waals surface area contributed by atoms with Crippen LogP contribution in [0.5, 0.6) is 0 Å². The first kappa shape index (κ1) is 14.8. The Kier molecular flexibility index (Phi) is 3.57. The summed E-state index contributed by atoms with van der Waals surface area (Å²) in [5.74, 6) is -0.269. The van der Waals surface area contributed by atoms with Crippen molar-refractivity contribution in [2.45, 2.75) is 0 Å². The molecule has 0 unspecified atom stereocenters. The maximum atomic E-state index is 12.9. The van der Waals surface area contributed by atoms with Gasteiger partial charge in [-0.1, -0.05) is 30.3 Å². The number of para-hydroxylation sites is 3. The molecule has 0 saturated carbocycles. The number of benzene rings is 2.